The van der Waals surface area contributed by atoms with Gasteiger partial charge in [0.1, 0.15) is 0 Å². The first-order valence-corrected chi connectivity index (χ1v) is 5.97. The quantitative estimate of drug-likeness (QED) is 0.351. The summed E-state index contributed by atoms with van der Waals surface area (Å²) in [5.41, 5.74) is 0. The van der Waals surface area contributed by atoms with Gasteiger partial charge in [0, 0.05) is 21.5 Å². The Morgan fingerprint density at radius 1 is 0.579 bits per heavy atom. The number of aromatic hydroxyl groups is 6. The molecule has 0 atom stereocenters. The number of rotatable bonds is 0. The van der Waals surface area contributed by atoms with E-state index < -0.39 is 34.5 Å². The van der Waals surface area contributed by atoms with Crippen molar-refractivity contribution < 1.29 is 30.6 Å². The van der Waals surface area contributed by atoms with Crippen LogP contribution < -0.4 is 0 Å². The molecule has 1 heterocycles. The Morgan fingerprint density at radius 3 is 1.32 bits per heavy atom. The number of phenols is 6. The first-order valence-electron chi connectivity index (χ1n) is 5.15. The van der Waals surface area contributed by atoms with Gasteiger partial charge in [-0.3, -0.25) is 0 Å². The minimum atomic E-state index is -0.709. The van der Waals surface area contributed by atoms with Crippen LogP contribution in [0, 0.1) is 0 Å². The zero-order valence-corrected chi connectivity index (χ0v) is 10.1. The normalized spacial score (nSPS) is 11.4. The molecule has 0 spiro atoms. The molecular weight excluding hydrogens is 272 g/mol. The molecule has 6 nitrogen and oxygen atoms in total. The van der Waals surface area contributed by atoms with E-state index in [1.54, 1.807) is 0 Å². The van der Waals surface area contributed by atoms with Crippen LogP contribution in [-0.4, -0.2) is 30.6 Å². The lowest BCUT2D eigenvalue weighted by atomic mass is 10.1. The summed E-state index contributed by atoms with van der Waals surface area (Å²) in [6.07, 6.45) is 0. The van der Waals surface area contributed by atoms with Crippen molar-refractivity contribution >= 4 is 31.5 Å². The van der Waals surface area contributed by atoms with E-state index in [1.807, 2.05) is 0 Å². The number of benzene rings is 2. The van der Waals surface area contributed by atoms with Crippen molar-refractivity contribution in [1.29, 1.82) is 0 Å². The van der Waals surface area contributed by atoms with E-state index >= 15 is 0 Å². The highest BCUT2D eigenvalue weighted by molar-refractivity contribution is 7.26. The smallest absolute Gasteiger partial charge is 0.201 e. The molecule has 3 rings (SSSR count). The molecule has 0 saturated carbocycles. The summed E-state index contributed by atoms with van der Waals surface area (Å²) in [5.74, 6) is -3.60. The van der Waals surface area contributed by atoms with E-state index in [9.17, 15) is 30.6 Å². The number of hydrogen-bond acceptors (Lipinski definition) is 7. The minimum absolute atomic E-state index is 0.100. The highest BCUT2D eigenvalue weighted by Crippen LogP contribution is 2.53. The van der Waals surface area contributed by atoms with Gasteiger partial charge >= 0.3 is 0 Å². The molecule has 19 heavy (non-hydrogen) atoms. The van der Waals surface area contributed by atoms with Gasteiger partial charge in [0.05, 0.1) is 10.8 Å². The van der Waals surface area contributed by atoms with Gasteiger partial charge in [-0.15, -0.1) is 11.3 Å². The van der Waals surface area contributed by atoms with Crippen LogP contribution in [0.15, 0.2) is 12.1 Å². The molecule has 0 aliphatic carbocycles. The molecule has 2 aromatic carbocycles. The third kappa shape index (κ3) is 1.36. The fourth-order valence-electron chi connectivity index (χ4n) is 2.00. The third-order valence-electron chi connectivity index (χ3n) is 2.91. The zero-order chi connectivity index (χ0) is 13.9. The molecule has 0 saturated heterocycles. The molecule has 0 amide bonds. The average molecular weight is 280 g/mol. The van der Waals surface area contributed by atoms with Gasteiger partial charge in [-0.1, -0.05) is 0 Å². The third-order valence-corrected chi connectivity index (χ3v) is 3.99. The number of thiophene rings is 1. The minimum Gasteiger partial charge on any atom is -0.504 e. The summed E-state index contributed by atoms with van der Waals surface area (Å²) in [6.45, 7) is 0. The molecular formula is C12H8O6S. The monoisotopic (exact) mass is 280 g/mol. The molecule has 0 unspecified atom stereocenters. The number of hydrogen-bond donors (Lipinski definition) is 6. The van der Waals surface area contributed by atoms with Crippen molar-refractivity contribution in [2.45, 2.75) is 0 Å². The summed E-state index contributed by atoms with van der Waals surface area (Å²) >= 11 is 1.07. The molecule has 3 aromatic rings. The summed E-state index contributed by atoms with van der Waals surface area (Å²) < 4.78 is 0.784. The molecule has 1 aromatic heterocycles. The second kappa shape index (κ2) is 3.48. The van der Waals surface area contributed by atoms with Gasteiger partial charge in [-0.05, 0) is 0 Å². The van der Waals surface area contributed by atoms with Crippen LogP contribution in [0.1, 0.15) is 0 Å². The summed E-state index contributed by atoms with van der Waals surface area (Å²) in [7, 11) is 0. The molecule has 0 radical (unpaired) electrons. The van der Waals surface area contributed by atoms with Crippen LogP contribution in [0.25, 0.3) is 20.2 Å². The zero-order valence-electron chi connectivity index (χ0n) is 9.25. The van der Waals surface area contributed by atoms with Crippen molar-refractivity contribution in [2.24, 2.45) is 0 Å². The van der Waals surface area contributed by atoms with Crippen molar-refractivity contribution in [3.05, 3.63) is 12.1 Å². The Labute approximate surface area is 109 Å². The summed E-state index contributed by atoms with van der Waals surface area (Å²) in [5, 5.41) is 57.8. The second-order valence-corrected chi connectivity index (χ2v) is 5.12. The van der Waals surface area contributed by atoms with E-state index in [-0.39, 0.29) is 10.8 Å². The molecule has 0 aliphatic rings. The van der Waals surface area contributed by atoms with Crippen LogP contribution in [0.3, 0.4) is 0 Å². The van der Waals surface area contributed by atoms with Crippen molar-refractivity contribution in [3.8, 4) is 34.5 Å². The fraction of sp³-hybridized carbons (Fsp3) is 0. The number of phenolic OH excluding ortho intramolecular Hbond substituents is 6. The van der Waals surface area contributed by atoms with Gasteiger partial charge in [0.2, 0.25) is 11.5 Å². The topological polar surface area (TPSA) is 121 Å². The Hall–Kier alpha value is -2.54. The predicted molar refractivity (Wildman–Crippen MR) is 69.3 cm³/mol. The molecule has 0 fully saturated rings. The highest BCUT2D eigenvalue weighted by Gasteiger charge is 2.21. The SMILES string of the molecule is Oc1cc2sc3cc(O)c(O)c(O)c3c2c(O)c1O. The molecule has 98 valence electrons. The lowest BCUT2D eigenvalue weighted by Gasteiger charge is -2.05. The van der Waals surface area contributed by atoms with Crippen molar-refractivity contribution in [3.63, 3.8) is 0 Å². The van der Waals surface area contributed by atoms with Crippen LogP contribution in [0.5, 0.6) is 34.5 Å². The lowest BCUT2D eigenvalue weighted by Crippen LogP contribution is -1.76. The maximum atomic E-state index is 9.85. The second-order valence-electron chi connectivity index (χ2n) is 4.03. The fourth-order valence-corrected chi connectivity index (χ4v) is 3.18. The first kappa shape index (κ1) is 11.5. The van der Waals surface area contributed by atoms with E-state index in [0.717, 1.165) is 11.3 Å². The van der Waals surface area contributed by atoms with Gasteiger partial charge in [0.15, 0.2) is 23.0 Å². The summed E-state index contributed by atoms with van der Waals surface area (Å²) in [6, 6.07) is 2.45. The van der Waals surface area contributed by atoms with Crippen LogP contribution in [0.2, 0.25) is 0 Å². The Morgan fingerprint density at radius 2 is 0.947 bits per heavy atom. The van der Waals surface area contributed by atoms with Gasteiger partial charge in [0.25, 0.3) is 0 Å². The van der Waals surface area contributed by atoms with Crippen LogP contribution in [0.4, 0.5) is 0 Å². The first-order chi connectivity index (χ1) is 8.91. The largest absolute Gasteiger partial charge is 0.504 e. The highest BCUT2D eigenvalue weighted by atomic mass is 32.1. The molecule has 0 aliphatic heterocycles. The molecule has 0 bridgehead atoms. The number of fused-ring (bicyclic) bond motifs is 3. The van der Waals surface area contributed by atoms with Crippen LogP contribution in [-0.2, 0) is 0 Å². The lowest BCUT2D eigenvalue weighted by molar-refractivity contribution is 0.369. The summed E-state index contributed by atoms with van der Waals surface area (Å²) in [4.78, 5) is 0. The van der Waals surface area contributed by atoms with E-state index in [2.05, 4.69) is 0 Å². The standard InChI is InChI=1S/C12H8O6S/c13-3-1-5-7(11(17)9(3)15)8-6(19-5)2-4(14)10(16)12(8)18/h1-2,13-18H. The van der Waals surface area contributed by atoms with Crippen molar-refractivity contribution in [2.75, 3.05) is 0 Å². The van der Waals surface area contributed by atoms with E-state index in [0.29, 0.717) is 9.40 Å². The van der Waals surface area contributed by atoms with Crippen molar-refractivity contribution in [1.82, 2.24) is 0 Å². The molecule has 7 heteroatoms. The Balaban J connectivity index is 2.64. The van der Waals surface area contributed by atoms with E-state index in [4.69, 9.17) is 0 Å². The maximum absolute atomic E-state index is 9.85. The van der Waals surface area contributed by atoms with Gasteiger partial charge < -0.3 is 30.6 Å². The Bertz CT molecular complexity index is 767. The predicted octanol–water partition coefficient (Wildman–Crippen LogP) is 2.29. The Kier molecular flexibility index (Phi) is 2.12. The van der Waals surface area contributed by atoms with E-state index in [1.165, 1.54) is 12.1 Å². The van der Waals surface area contributed by atoms with Gasteiger partial charge in [-0.25, -0.2) is 0 Å². The van der Waals surface area contributed by atoms with Crippen LogP contribution >= 0.6 is 11.3 Å². The van der Waals surface area contributed by atoms with Gasteiger partial charge in [-0.2, -0.15) is 0 Å². The molecule has 6 N–H and O–H groups in total. The maximum Gasteiger partial charge on any atom is 0.201 e. The average Bonchev–Trinajstić information content (AvgIpc) is 2.71.